The van der Waals surface area contributed by atoms with Gasteiger partial charge in [0.2, 0.25) is 18.4 Å². The first-order valence-corrected chi connectivity index (χ1v) is 14.6. The van der Waals surface area contributed by atoms with Crippen LogP contribution in [0, 0.1) is 5.92 Å². The molecule has 0 spiro atoms. The zero-order chi connectivity index (χ0) is 29.8. The Balaban J connectivity index is 1.45. The molecule has 0 radical (unpaired) electrons. The van der Waals surface area contributed by atoms with Crippen LogP contribution in [0.25, 0.3) is 0 Å². The summed E-state index contributed by atoms with van der Waals surface area (Å²) in [7, 11) is 1.53. The highest BCUT2D eigenvalue weighted by molar-refractivity contribution is 6.01. The normalized spacial score (nSPS) is 21.1. The van der Waals surface area contributed by atoms with Crippen LogP contribution in [0.2, 0.25) is 0 Å². The number of hydrogen-bond acceptors (Lipinski definition) is 8. The number of carboxylic acids is 1. The first kappa shape index (κ1) is 29.7. The van der Waals surface area contributed by atoms with Gasteiger partial charge in [-0.2, -0.15) is 0 Å². The molecule has 2 aromatic rings. The van der Waals surface area contributed by atoms with Crippen LogP contribution in [-0.4, -0.2) is 85.6 Å². The number of ether oxygens (including phenoxy) is 3. The minimum atomic E-state index is -0.961. The number of methoxy groups -OCH3 is 1. The number of anilines is 1. The molecule has 1 saturated heterocycles. The summed E-state index contributed by atoms with van der Waals surface area (Å²) in [6, 6.07) is 10.8. The van der Waals surface area contributed by atoms with Gasteiger partial charge >= 0.3 is 5.97 Å². The molecule has 0 aliphatic carbocycles. The van der Waals surface area contributed by atoms with E-state index < -0.39 is 23.8 Å². The van der Waals surface area contributed by atoms with E-state index in [0.717, 1.165) is 29.7 Å². The summed E-state index contributed by atoms with van der Waals surface area (Å²) in [4.78, 5) is 48.7. The fourth-order valence-electron chi connectivity index (χ4n) is 6.30. The fraction of sp³-hybridized carbons (Fsp3) is 0.516. The molecule has 3 unspecified atom stereocenters. The Hall–Kier alpha value is -3.83. The number of rotatable bonds is 13. The summed E-state index contributed by atoms with van der Waals surface area (Å²) in [6.45, 7) is 5.55. The zero-order valence-corrected chi connectivity index (χ0v) is 24.4. The molecule has 11 nitrogen and oxygen atoms in total. The molecule has 0 aromatic heterocycles. The summed E-state index contributed by atoms with van der Waals surface area (Å²) in [5.74, 6) is -1.03. The number of likely N-dealkylation sites (tertiary alicyclic amines) is 1. The molecule has 2 amide bonds. The summed E-state index contributed by atoms with van der Waals surface area (Å²) >= 11 is 0. The number of carbonyl (C=O) groups excluding carboxylic acids is 2. The van der Waals surface area contributed by atoms with Gasteiger partial charge in [-0.3, -0.25) is 24.1 Å². The lowest BCUT2D eigenvalue weighted by Gasteiger charge is -2.30. The second-order valence-electron chi connectivity index (χ2n) is 10.9. The zero-order valence-electron chi connectivity index (χ0n) is 24.4. The number of carboxylic acid groups (broad SMARTS) is 1. The van der Waals surface area contributed by atoms with E-state index in [1.54, 1.807) is 11.0 Å². The van der Waals surface area contributed by atoms with Crippen molar-refractivity contribution in [3.63, 3.8) is 0 Å². The van der Waals surface area contributed by atoms with Crippen LogP contribution >= 0.6 is 0 Å². The molecular formula is C31H39N3O8. The molecule has 0 saturated carbocycles. The van der Waals surface area contributed by atoms with Crippen molar-refractivity contribution in [3.05, 3.63) is 47.5 Å². The van der Waals surface area contributed by atoms with Gasteiger partial charge in [-0.15, -0.1) is 0 Å². The van der Waals surface area contributed by atoms with Gasteiger partial charge in [0.1, 0.15) is 0 Å². The van der Waals surface area contributed by atoms with E-state index in [2.05, 4.69) is 0 Å². The Morgan fingerprint density at radius 3 is 2.69 bits per heavy atom. The maximum atomic E-state index is 13.5. The second kappa shape index (κ2) is 13.0. The average molecular weight is 582 g/mol. The minimum Gasteiger partial charge on any atom is -0.493 e. The lowest BCUT2D eigenvalue weighted by atomic mass is 9.84. The fourth-order valence-corrected chi connectivity index (χ4v) is 6.30. The predicted octanol–water partition coefficient (Wildman–Crippen LogP) is 3.45. The third-order valence-electron chi connectivity index (χ3n) is 8.21. The van der Waals surface area contributed by atoms with Crippen molar-refractivity contribution < 1.29 is 38.5 Å². The Labute approximate surface area is 245 Å². The maximum Gasteiger partial charge on any atom is 0.308 e. The van der Waals surface area contributed by atoms with Crippen molar-refractivity contribution in [1.29, 1.82) is 0 Å². The van der Waals surface area contributed by atoms with Crippen LogP contribution in [0.3, 0.4) is 0 Å². The Kier molecular flexibility index (Phi) is 9.18. The maximum absolute atomic E-state index is 13.5. The van der Waals surface area contributed by atoms with Crippen LogP contribution in [0.1, 0.15) is 50.2 Å². The van der Waals surface area contributed by atoms with E-state index >= 15 is 0 Å². The predicted molar refractivity (Wildman–Crippen MR) is 154 cm³/mol. The quantitative estimate of drug-likeness (QED) is 0.355. The number of benzene rings is 2. The van der Waals surface area contributed by atoms with E-state index in [1.165, 1.54) is 12.2 Å². The third-order valence-corrected chi connectivity index (χ3v) is 8.21. The first-order chi connectivity index (χ1) is 20.4. The molecule has 3 heterocycles. The minimum absolute atomic E-state index is 0.000874. The van der Waals surface area contributed by atoms with Crippen molar-refractivity contribution >= 4 is 23.5 Å². The van der Waals surface area contributed by atoms with E-state index in [1.807, 2.05) is 49.1 Å². The van der Waals surface area contributed by atoms with Gasteiger partial charge in [-0.05, 0) is 48.6 Å². The number of amides is 2. The van der Waals surface area contributed by atoms with Crippen molar-refractivity contribution in [2.75, 3.05) is 51.6 Å². The van der Waals surface area contributed by atoms with E-state index in [4.69, 9.17) is 19.0 Å². The van der Waals surface area contributed by atoms with Gasteiger partial charge in [-0.25, -0.2) is 5.06 Å². The van der Waals surface area contributed by atoms with Crippen LogP contribution in [0.15, 0.2) is 36.4 Å². The Morgan fingerprint density at radius 2 is 1.95 bits per heavy atom. The number of hydroxylamine groups is 2. The number of aliphatic carboxylic acids is 1. The van der Waals surface area contributed by atoms with Crippen LogP contribution in [-0.2, 0) is 25.6 Å². The number of para-hydroxylation sites is 1. The molecular weight excluding hydrogens is 542 g/mol. The standard InChI is InChI=1S/C31H39N3O8/c1-4-11-34(42-13-5-2)28(36)18-32-17-22(21-14-25(39-3)30-26(15-21)40-19-41-30)29(31(37)38)24(32)10-12-33-23-9-7-6-8-20(23)16-27(33)35/h6-9,14-15,22,24,29H,4-5,10-13,16-19H2,1-3H3,(H,37,38). The Bertz CT molecular complexity index is 1320. The highest BCUT2D eigenvalue weighted by Gasteiger charge is 2.48. The van der Waals surface area contributed by atoms with Crippen molar-refractivity contribution in [3.8, 4) is 17.2 Å². The topological polar surface area (TPSA) is 118 Å². The lowest BCUT2D eigenvalue weighted by Crippen LogP contribution is -2.45. The van der Waals surface area contributed by atoms with Crippen LogP contribution in [0.5, 0.6) is 17.2 Å². The highest BCUT2D eigenvalue weighted by atomic mass is 16.7. The van der Waals surface area contributed by atoms with Crippen LogP contribution in [0.4, 0.5) is 5.69 Å². The van der Waals surface area contributed by atoms with Gasteiger partial charge in [0.05, 0.1) is 32.6 Å². The molecule has 3 atom stereocenters. The van der Waals surface area contributed by atoms with Crippen molar-refractivity contribution in [2.45, 2.75) is 51.5 Å². The van der Waals surface area contributed by atoms with Crippen molar-refractivity contribution in [1.82, 2.24) is 9.96 Å². The number of nitrogens with zero attached hydrogens (tertiary/aromatic N) is 3. The molecule has 1 N–H and O–H groups in total. The van der Waals surface area contributed by atoms with Crippen molar-refractivity contribution in [2.24, 2.45) is 5.92 Å². The smallest absolute Gasteiger partial charge is 0.308 e. The lowest BCUT2D eigenvalue weighted by molar-refractivity contribution is -0.188. The second-order valence-corrected chi connectivity index (χ2v) is 10.9. The van der Waals surface area contributed by atoms with Gasteiger partial charge in [-0.1, -0.05) is 32.0 Å². The SMILES string of the molecule is CCCON(CCC)C(=O)CN1CC(c2cc(OC)c3c(c2)OCO3)C(C(=O)O)C1CCN1C(=O)Cc2ccccc21. The van der Waals surface area contributed by atoms with E-state index in [0.29, 0.717) is 56.3 Å². The average Bonchev–Trinajstić information content (AvgIpc) is 3.68. The molecule has 2 aromatic carbocycles. The van der Waals surface area contributed by atoms with Gasteiger partial charge in [0, 0.05) is 37.3 Å². The Morgan fingerprint density at radius 1 is 1.14 bits per heavy atom. The van der Waals surface area contributed by atoms with Gasteiger partial charge < -0.3 is 24.2 Å². The van der Waals surface area contributed by atoms with E-state index in [9.17, 15) is 19.5 Å². The van der Waals surface area contributed by atoms with Gasteiger partial charge in [0.15, 0.2) is 11.5 Å². The molecule has 0 bridgehead atoms. The molecule has 1 fully saturated rings. The highest BCUT2D eigenvalue weighted by Crippen LogP contribution is 2.47. The summed E-state index contributed by atoms with van der Waals surface area (Å²) < 4.78 is 16.7. The summed E-state index contributed by atoms with van der Waals surface area (Å²) in [5, 5.41) is 12.0. The largest absolute Gasteiger partial charge is 0.493 e. The number of carbonyl (C=O) groups is 3. The summed E-state index contributed by atoms with van der Waals surface area (Å²) in [5.41, 5.74) is 2.55. The number of hydrogen-bond donors (Lipinski definition) is 1. The molecule has 11 heteroatoms. The number of fused-ring (bicyclic) bond motifs is 2. The molecule has 3 aliphatic heterocycles. The van der Waals surface area contributed by atoms with E-state index in [-0.39, 0.29) is 25.2 Å². The molecule has 226 valence electrons. The summed E-state index contributed by atoms with van der Waals surface area (Å²) in [6.07, 6.45) is 2.20. The molecule has 3 aliphatic rings. The molecule has 5 rings (SSSR count). The molecule has 42 heavy (non-hydrogen) atoms. The monoisotopic (exact) mass is 581 g/mol. The first-order valence-electron chi connectivity index (χ1n) is 14.6. The van der Waals surface area contributed by atoms with Crippen LogP contribution < -0.4 is 19.1 Å². The van der Waals surface area contributed by atoms with Gasteiger partial charge in [0.25, 0.3) is 5.91 Å². The third kappa shape index (κ3) is 5.89.